The van der Waals surface area contributed by atoms with E-state index >= 15 is 0 Å². The summed E-state index contributed by atoms with van der Waals surface area (Å²) in [5.41, 5.74) is 2.24. The number of para-hydroxylation sites is 1. The molecule has 190 valence electrons. The van der Waals surface area contributed by atoms with Gasteiger partial charge in [0.25, 0.3) is 0 Å². The molecule has 4 heterocycles. The van der Waals surface area contributed by atoms with Crippen molar-refractivity contribution in [3.05, 3.63) is 48.1 Å². The summed E-state index contributed by atoms with van der Waals surface area (Å²) in [6, 6.07) is 12.2. The van der Waals surface area contributed by atoms with E-state index in [0.29, 0.717) is 23.6 Å². The molecule has 0 radical (unpaired) electrons. The highest BCUT2D eigenvalue weighted by Crippen LogP contribution is 2.48. The molecule has 2 unspecified atom stereocenters. The Kier molecular flexibility index (Phi) is 6.56. The molecule has 0 amide bonds. The SMILES string of the molecule is CC(C)[Si]1(C)OC[C@H]2O[C@@H]3[C@H](Oc4nc(=Nc5ccccc5)ccn43)C2O[Si](C(C)C)(C(C)C)O1. The third kappa shape index (κ3) is 4.34. The Bertz CT molecular complexity index is 1120. The molecule has 8 nitrogen and oxygen atoms in total. The van der Waals surface area contributed by atoms with Crippen LogP contribution in [0.5, 0.6) is 6.01 Å². The van der Waals surface area contributed by atoms with Crippen molar-refractivity contribution in [2.24, 2.45) is 4.99 Å². The third-order valence-electron chi connectivity index (χ3n) is 7.49. The summed E-state index contributed by atoms with van der Waals surface area (Å²) in [6.45, 7) is 15.8. The molecule has 3 aliphatic heterocycles. The zero-order valence-corrected chi connectivity index (χ0v) is 23.7. The van der Waals surface area contributed by atoms with E-state index in [-0.39, 0.29) is 35.6 Å². The number of benzene rings is 1. The lowest BCUT2D eigenvalue weighted by molar-refractivity contribution is -0.0541. The van der Waals surface area contributed by atoms with Crippen LogP contribution >= 0.6 is 0 Å². The second-order valence-corrected chi connectivity index (χ2v) is 19.0. The average molecular weight is 516 g/mol. The number of nitrogens with zero attached hydrogens (tertiary/aromatic N) is 3. The lowest BCUT2D eigenvalue weighted by Crippen LogP contribution is -2.64. The van der Waals surface area contributed by atoms with Gasteiger partial charge in [0.1, 0.15) is 12.2 Å². The van der Waals surface area contributed by atoms with Gasteiger partial charge in [-0.25, -0.2) is 4.99 Å². The number of fused-ring (bicyclic) bond motifs is 5. The Labute approximate surface area is 209 Å². The molecule has 35 heavy (non-hydrogen) atoms. The molecule has 2 aromatic rings. The van der Waals surface area contributed by atoms with E-state index < -0.39 is 17.1 Å². The van der Waals surface area contributed by atoms with Crippen LogP contribution in [0.15, 0.2) is 47.6 Å². The lowest BCUT2D eigenvalue weighted by atomic mass is 10.1. The Morgan fingerprint density at radius 3 is 2.34 bits per heavy atom. The summed E-state index contributed by atoms with van der Waals surface area (Å²) in [7, 11) is -5.19. The summed E-state index contributed by atoms with van der Waals surface area (Å²) in [5, 5.41) is 0. The second-order valence-electron chi connectivity index (χ2n) is 10.8. The van der Waals surface area contributed by atoms with Gasteiger partial charge in [-0.2, -0.15) is 4.98 Å². The molecule has 2 fully saturated rings. The number of aromatic nitrogens is 2. The first-order valence-corrected chi connectivity index (χ1v) is 17.0. The first kappa shape index (κ1) is 24.8. The van der Waals surface area contributed by atoms with Gasteiger partial charge in [-0.3, -0.25) is 4.57 Å². The van der Waals surface area contributed by atoms with Gasteiger partial charge in [0.05, 0.1) is 12.3 Å². The molecule has 3 aliphatic rings. The van der Waals surface area contributed by atoms with E-state index in [9.17, 15) is 0 Å². The van der Waals surface area contributed by atoms with Crippen LogP contribution in [0.1, 0.15) is 47.8 Å². The normalized spacial score (nSPS) is 32.2. The first-order valence-electron chi connectivity index (χ1n) is 12.7. The maximum atomic E-state index is 7.10. The summed E-state index contributed by atoms with van der Waals surface area (Å²) in [4.78, 5) is 9.28. The van der Waals surface area contributed by atoms with Gasteiger partial charge in [-0.05, 0) is 41.4 Å². The highest BCUT2D eigenvalue weighted by Gasteiger charge is 2.61. The van der Waals surface area contributed by atoms with E-state index in [1.165, 1.54) is 0 Å². The fourth-order valence-electron chi connectivity index (χ4n) is 5.13. The van der Waals surface area contributed by atoms with Crippen LogP contribution in [-0.4, -0.2) is 51.6 Å². The molecule has 2 saturated heterocycles. The minimum atomic E-state index is -2.70. The quantitative estimate of drug-likeness (QED) is 0.536. The maximum Gasteiger partial charge on any atom is 0.335 e. The molecule has 5 rings (SSSR count). The molecule has 0 spiro atoms. The molecule has 0 saturated carbocycles. The van der Waals surface area contributed by atoms with Crippen LogP contribution in [0.25, 0.3) is 0 Å². The average Bonchev–Trinajstić information content (AvgIpc) is 3.31. The van der Waals surface area contributed by atoms with Gasteiger partial charge in [0.2, 0.25) is 0 Å². The van der Waals surface area contributed by atoms with Crippen LogP contribution < -0.4 is 10.2 Å². The summed E-state index contributed by atoms with van der Waals surface area (Å²) < 4.78 is 35.6. The predicted octanol–water partition coefficient (Wildman–Crippen LogP) is 4.95. The van der Waals surface area contributed by atoms with E-state index in [1.54, 1.807) is 0 Å². The number of hydrogen-bond acceptors (Lipinski definition) is 7. The highest BCUT2D eigenvalue weighted by atomic mass is 28.5. The van der Waals surface area contributed by atoms with Crippen LogP contribution in [-0.2, 0) is 17.7 Å². The number of hydrogen-bond donors (Lipinski definition) is 0. The molecule has 1 aromatic carbocycles. The van der Waals surface area contributed by atoms with Crippen molar-refractivity contribution in [1.82, 2.24) is 9.55 Å². The largest absolute Gasteiger partial charge is 0.454 e. The number of rotatable bonds is 4. The summed E-state index contributed by atoms with van der Waals surface area (Å²) >= 11 is 0. The Balaban J connectivity index is 1.48. The Morgan fingerprint density at radius 1 is 0.971 bits per heavy atom. The molecule has 0 aliphatic carbocycles. The van der Waals surface area contributed by atoms with Crippen molar-refractivity contribution < 1.29 is 22.4 Å². The molecule has 1 aromatic heterocycles. The fraction of sp³-hybridized carbons (Fsp3) is 0.600. The van der Waals surface area contributed by atoms with Crippen molar-refractivity contribution in [2.45, 2.75) is 89.3 Å². The molecular formula is C25H37N3O5Si2. The van der Waals surface area contributed by atoms with E-state index in [4.69, 9.17) is 22.4 Å². The van der Waals surface area contributed by atoms with Crippen molar-refractivity contribution in [3.8, 4) is 6.01 Å². The molecule has 0 N–H and O–H groups in total. The zero-order chi connectivity index (χ0) is 25.0. The van der Waals surface area contributed by atoms with Crippen LogP contribution in [0.2, 0.25) is 23.2 Å². The Morgan fingerprint density at radius 2 is 1.69 bits per heavy atom. The Hall–Kier alpha value is -1.83. The minimum Gasteiger partial charge on any atom is -0.454 e. The third-order valence-corrected chi connectivity index (χ3v) is 17.1. The fourth-order valence-corrected chi connectivity index (χ4v) is 14.3. The van der Waals surface area contributed by atoms with Gasteiger partial charge in [0, 0.05) is 6.20 Å². The smallest absolute Gasteiger partial charge is 0.335 e. The zero-order valence-electron chi connectivity index (χ0n) is 21.7. The van der Waals surface area contributed by atoms with Gasteiger partial charge < -0.3 is 22.4 Å². The summed E-state index contributed by atoms with van der Waals surface area (Å²) in [5.74, 6) is 0. The van der Waals surface area contributed by atoms with Crippen molar-refractivity contribution in [1.29, 1.82) is 0 Å². The second kappa shape index (κ2) is 9.24. The van der Waals surface area contributed by atoms with Gasteiger partial charge in [-0.1, -0.05) is 59.7 Å². The molecular weight excluding hydrogens is 478 g/mol. The number of ether oxygens (including phenoxy) is 2. The topological polar surface area (TPSA) is 76.3 Å². The predicted molar refractivity (Wildman–Crippen MR) is 137 cm³/mol. The van der Waals surface area contributed by atoms with Crippen LogP contribution in [0.4, 0.5) is 5.69 Å². The van der Waals surface area contributed by atoms with Crippen molar-refractivity contribution in [2.75, 3.05) is 6.61 Å². The maximum absolute atomic E-state index is 7.10. The van der Waals surface area contributed by atoms with E-state index in [0.717, 1.165) is 5.69 Å². The molecule has 5 atom stereocenters. The van der Waals surface area contributed by atoms with Crippen molar-refractivity contribution in [3.63, 3.8) is 0 Å². The standard InChI is InChI=1S/C25H37N3O5Si2/c1-16(2)34(7)29-15-20-22(32-35(33-34,17(3)4)18(5)6)23-24(30-20)28-14-13-21(27-25(28)31-23)26-19-11-9-8-10-12-19/h8-14,16-18,20,22-24H,15H2,1-7H3/t20-,22?,23-,24-,34?/m1/s1. The first-order chi connectivity index (χ1) is 16.6. The molecule has 10 heteroatoms. The summed E-state index contributed by atoms with van der Waals surface area (Å²) in [6.07, 6.45) is 0.781. The van der Waals surface area contributed by atoms with Crippen LogP contribution in [0, 0.1) is 0 Å². The van der Waals surface area contributed by atoms with E-state index in [2.05, 4.69) is 58.1 Å². The van der Waals surface area contributed by atoms with Crippen LogP contribution in [0.3, 0.4) is 0 Å². The highest BCUT2D eigenvalue weighted by molar-refractivity contribution is 6.82. The van der Waals surface area contributed by atoms with Gasteiger partial charge >= 0.3 is 23.1 Å². The van der Waals surface area contributed by atoms with Crippen molar-refractivity contribution >= 4 is 22.8 Å². The monoisotopic (exact) mass is 515 g/mol. The van der Waals surface area contributed by atoms with Gasteiger partial charge in [0.15, 0.2) is 17.8 Å². The lowest BCUT2D eigenvalue weighted by Gasteiger charge is -2.49. The van der Waals surface area contributed by atoms with Gasteiger partial charge in [-0.15, -0.1) is 0 Å². The minimum absolute atomic E-state index is 0.224. The molecule has 0 bridgehead atoms. The van der Waals surface area contributed by atoms with E-state index in [1.807, 2.05) is 47.2 Å².